The van der Waals surface area contributed by atoms with Crippen LogP contribution in [0.3, 0.4) is 0 Å². The molecule has 2 N–H and O–H groups in total. The summed E-state index contributed by atoms with van der Waals surface area (Å²) in [7, 11) is 0. The van der Waals surface area contributed by atoms with Gasteiger partial charge in [0, 0.05) is 6.54 Å². The molecule has 18 heavy (non-hydrogen) atoms. The molecule has 98 valence electrons. The van der Waals surface area contributed by atoms with Gasteiger partial charge in [-0.25, -0.2) is 4.79 Å². The maximum absolute atomic E-state index is 11.5. The smallest absolute Gasteiger partial charge is 0.339 e. The molecule has 1 amide bonds. The monoisotopic (exact) mass is 253 g/mol. The van der Waals surface area contributed by atoms with Gasteiger partial charge in [-0.2, -0.15) is 0 Å². The van der Waals surface area contributed by atoms with E-state index in [9.17, 15) is 9.59 Å². The molecular formula is C12H15NO5. The average Bonchev–Trinajstić information content (AvgIpc) is 2.77. The molecule has 6 nitrogen and oxygen atoms in total. The summed E-state index contributed by atoms with van der Waals surface area (Å²) in [5, 5.41) is 11.5. The predicted molar refractivity (Wildman–Crippen MR) is 63.1 cm³/mol. The normalized spacial score (nSPS) is 9.78. The van der Waals surface area contributed by atoms with Gasteiger partial charge in [0.1, 0.15) is 11.3 Å². The zero-order valence-electron chi connectivity index (χ0n) is 9.85. The van der Waals surface area contributed by atoms with E-state index in [0.29, 0.717) is 19.6 Å². The second-order valence-corrected chi connectivity index (χ2v) is 3.48. The van der Waals surface area contributed by atoms with E-state index in [1.54, 1.807) is 0 Å². The van der Waals surface area contributed by atoms with Gasteiger partial charge in [0.15, 0.2) is 0 Å². The van der Waals surface area contributed by atoms with E-state index in [-0.39, 0.29) is 23.7 Å². The molecule has 0 aliphatic carbocycles. The highest BCUT2D eigenvalue weighted by atomic mass is 16.5. The summed E-state index contributed by atoms with van der Waals surface area (Å²) in [6, 6.07) is 1.32. The standard InChI is InChI=1S/C12H15NO5/c1-2-17-6-3-5-13-11(14)8-10-9(12(15)16)4-7-18-10/h2,4,7H,1,3,5-6,8H2,(H,13,14)(H,15,16). The minimum atomic E-state index is -1.11. The zero-order chi connectivity index (χ0) is 13.4. The second-order valence-electron chi connectivity index (χ2n) is 3.48. The summed E-state index contributed by atoms with van der Waals surface area (Å²) in [4.78, 5) is 22.3. The Balaban J connectivity index is 2.33. The van der Waals surface area contributed by atoms with Crippen LogP contribution < -0.4 is 5.32 Å². The van der Waals surface area contributed by atoms with E-state index >= 15 is 0 Å². The fraction of sp³-hybridized carbons (Fsp3) is 0.333. The van der Waals surface area contributed by atoms with Crippen LogP contribution in [0.1, 0.15) is 22.5 Å². The highest BCUT2D eigenvalue weighted by molar-refractivity contribution is 5.90. The Kier molecular flexibility index (Phi) is 5.50. The number of amides is 1. The Morgan fingerprint density at radius 1 is 1.56 bits per heavy atom. The van der Waals surface area contributed by atoms with Crippen LogP contribution in [-0.4, -0.2) is 30.1 Å². The average molecular weight is 253 g/mol. The third-order valence-electron chi connectivity index (χ3n) is 2.18. The number of hydrogen-bond donors (Lipinski definition) is 2. The lowest BCUT2D eigenvalue weighted by Crippen LogP contribution is -2.27. The molecule has 0 aliphatic rings. The summed E-state index contributed by atoms with van der Waals surface area (Å²) in [6.45, 7) is 4.32. The molecule has 0 fully saturated rings. The molecular weight excluding hydrogens is 238 g/mol. The highest BCUT2D eigenvalue weighted by Crippen LogP contribution is 2.11. The lowest BCUT2D eigenvalue weighted by atomic mass is 10.2. The number of nitrogens with one attached hydrogen (secondary N) is 1. The van der Waals surface area contributed by atoms with Crippen LogP contribution in [0.4, 0.5) is 0 Å². The summed E-state index contributed by atoms with van der Waals surface area (Å²) in [5.74, 6) is -1.24. The summed E-state index contributed by atoms with van der Waals surface area (Å²) in [5.41, 5.74) is 0.0140. The molecule has 0 aliphatic heterocycles. The van der Waals surface area contributed by atoms with Gasteiger partial charge in [0.25, 0.3) is 0 Å². The van der Waals surface area contributed by atoms with E-state index in [1.807, 2.05) is 0 Å². The van der Waals surface area contributed by atoms with Gasteiger partial charge in [-0.1, -0.05) is 6.58 Å². The lowest BCUT2D eigenvalue weighted by Gasteiger charge is -2.04. The van der Waals surface area contributed by atoms with Crippen molar-refractivity contribution in [1.29, 1.82) is 0 Å². The van der Waals surface area contributed by atoms with Crippen molar-refractivity contribution >= 4 is 11.9 Å². The summed E-state index contributed by atoms with van der Waals surface area (Å²) < 4.78 is 9.85. The van der Waals surface area contributed by atoms with Crippen molar-refractivity contribution in [3.63, 3.8) is 0 Å². The molecule has 1 heterocycles. The van der Waals surface area contributed by atoms with E-state index < -0.39 is 5.97 Å². The Morgan fingerprint density at radius 2 is 2.33 bits per heavy atom. The topological polar surface area (TPSA) is 88.8 Å². The van der Waals surface area contributed by atoms with E-state index in [1.165, 1.54) is 18.6 Å². The molecule has 0 saturated carbocycles. The van der Waals surface area contributed by atoms with Gasteiger partial charge in [-0.3, -0.25) is 4.79 Å². The molecule has 1 rings (SSSR count). The van der Waals surface area contributed by atoms with E-state index in [4.69, 9.17) is 14.3 Å². The Hall–Kier alpha value is -2.24. The maximum Gasteiger partial charge on any atom is 0.339 e. The Labute approximate surface area is 104 Å². The third-order valence-corrected chi connectivity index (χ3v) is 2.18. The van der Waals surface area contributed by atoms with Crippen LogP contribution in [0.5, 0.6) is 0 Å². The molecule has 0 spiro atoms. The third kappa shape index (κ3) is 4.32. The predicted octanol–water partition coefficient (Wildman–Crippen LogP) is 1.19. The van der Waals surface area contributed by atoms with Crippen LogP contribution in [0.25, 0.3) is 0 Å². The first-order valence-electron chi connectivity index (χ1n) is 5.44. The molecule has 6 heteroatoms. The van der Waals surface area contributed by atoms with Crippen molar-refractivity contribution in [3.8, 4) is 0 Å². The van der Waals surface area contributed by atoms with Crippen LogP contribution in [-0.2, 0) is 16.0 Å². The molecule has 0 radical (unpaired) electrons. The SMILES string of the molecule is C=COCCCNC(=O)Cc1occc1C(=O)O. The van der Waals surface area contributed by atoms with Crippen molar-refractivity contribution < 1.29 is 23.8 Å². The molecule has 1 aromatic heterocycles. The number of carboxylic acid groups (broad SMARTS) is 1. The molecule has 1 aromatic rings. The highest BCUT2D eigenvalue weighted by Gasteiger charge is 2.15. The van der Waals surface area contributed by atoms with Gasteiger partial charge >= 0.3 is 5.97 Å². The Bertz CT molecular complexity index is 424. The Morgan fingerprint density at radius 3 is 3.00 bits per heavy atom. The molecule has 0 bridgehead atoms. The number of furan rings is 1. The first-order chi connectivity index (χ1) is 8.65. The molecule has 0 aromatic carbocycles. The van der Waals surface area contributed by atoms with Crippen molar-refractivity contribution in [2.45, 2.75) is 12.8 Å². The van der Waals surface area contributed by atoms with Crippen molar-refractivity contribution in [2.24, 2.45) is 0 Å². The van der Waals surface area contributed by atoms with Gasteiger partial charge in [-0.15, -0.1) is 0 Å². The van der Waals surface area contributed by atoms with Crippen LogP contribution in [0, 0.1) is 0 Å². The minimum absolute atomic E-state index is 0.0140. The van der Waals surface area contributed by atoms with Crippen LogP contribution in [0.2, 0.25) is 0 Å². The zero-order valence-corrected chi connectivity index (χ0v) is 9.85. The number of aromatic carboxylic acids is 1. The number of ether oxygens (including phenoxy) is 1. The van der Waals surface area contributed by atoms with Gasteiger partial charge in [0.05, 0.1) is 25.6 Å². The number of carboxylic acids is 1. The number of carbonyl (C=O) groups excluding carboxylic acids is 1. The van der Waals surface area contributed by atoms with Crippen molar-refractivity contribution in [3.05, 3.63) is 36.5 Å². The van der Waals surface area contributed by atoms with Crippen LogP contribution in [0.15, 0.2) is 29.6 Å². The van der Waals surface area contributed by atoms with Crippen LogP contribution >= 0.6 is 0 Å². The quantitative estimate of drug-likeness (QED) is 0.536. The van der Waals surface area contributed by atoms with E-state index in [2.05, 4.69) is 11.9 Å². The van der Waals surface area contributed by atoms with Gasteiger partial charge < -0.3 is 19.6 Å². The summed E-state index contributed by atoms with van der Waals surface area (Å²) in [6.07, 6.45) is 3.16. The fourth-order valence-electron chi connectivity index (χ4n) is 1.34. The largest absolute Gasteiger partial charge is 0.502 e. The van der Waals surface area contributed by atoms with Crippen molar-refractivity contribution in [2.75, 3.05) is 13.2 Å². The fourth-order valence-corrected chi connectivity index (χ4v) is 1.34. The maximum atomic E-state index is 11.5. The van der Waals surface area contributed by atoms with Crippen molar-refractivity contribution in [1.82, 2.24) is 5.32 Å². The summed E-state index contributed by atoms with van der Waals surface area (Å²) >= 11 is 0. The van der Waals surface area contributed by atoms with Gasteiger partial charge in [-0.05, 0) is 12.5 Å². The molecule has 0 saturated heterocycles. The number of carbonyl (C=O) groups is 2. The first-order valence-corrected chi connectivity index (χ1v) is 5.44. The second kappa shape index (κ2) is 7.16. The van der Waals surface area contributed by atoms with Gasteiger partial charge in [0.2, 0.25) is 5.91 Å². The molecule has 0 atom stereocenters. The van der Waals surface area contributed by atoms with E-state index in [0.717, 1.165) is 0 Å². The minimum Gasteiger partial charge on any atom is -0.502 e. The number of hydrogen-bond acceptors (Lipinski definition) is 4. The lowest BCUT2D eigenvalue weighted by molar-refractivity contribution is -0.120. The first kappa shape index (κ1) is 13.8. The molecule has 0 unspecified atom stereocenters. The number of rotatable bonds is 8.